The Labute approximate surface area is 282 Å². The number of hydrogen-bond donors (Lipinski definition) is 3. The van der Waals surface area contributed by atoms with Gasteiger partial charge >= 0.3 is 0 Å². The largest absolute Gasteiger partial charge is 0.455 e. The number of pyridine rings is 1. The third kappa shape index (κ3) is 5.78. The molecule has 0 spiro atoms. The molecule has 7 rings (SSSR count). The molecule has 0 saturated heterocycles. The number of hydrogen-bond acceptors (Lipinski definition) is 7. The molecule has 13 heteroatoms. The van der Waals surface area contributed by atoms with Crippen molar-refractivity contribution in [1.29, 1.82) is 0 Å². The van der Waals surface area contributed by atoms with E-state index >= 15 is 0 Å². The quantitative estimate of drug-likeness (QED) is 0.163. The van der Waals surface area contributed by atoms with Crippen LogP contribution in [0.5, 0.6) is 0 Å². The normalized spacial score (nSPS) is 13.7. The zero-order valence-electron chi connectivity index (χ0n) is 27.5. The number of aromatic nitrogens is 2. The minimum absolute atomic E-state index is 0.105. The first kappa shape index (κ1) is 33.6. The number of fused-ring (bicyclic) bond motifs is 6. The lowest BCUT2D eigenvalue weighted by molar-refractivity contribution is 0.0964. The maximum atomic E-state index is 15.0. The molecule has 49 heavy (non-hydrogen) atoms. The number of carbonyl (C=O) groups excluding carboxylic acids is 1. The fraction of sp³-hybridized carbons (Fsp3) is 0.222. The molecule has 3 aromatic heterocycles. The van der Waals surface area contributed by atoms with Gasteiger partial charge in [-0.05, 0) is 60.7 Å². The van der Waals surface area contributed by atoms with Crippen LogP contribution in [0, 0.1) is 11.6 Å². The number of amides is 1. The summed E-state index contributed by atoms with van der Waals surface area (Å²) in [6.07, 6.45) is 1.05. The van der Waals surface area contributed by atoms with E-state index in [0.29, 0.717) is 56.6 Å². The van der Waals surface area contributed by atoms with E-state index in [-0.39, 0.29) is 35.4 Å². The molecule has 0 saturated carbocycles. The fourth-order valence-electron chi connectivity index (χ4n) is 6.15. The summed E-state index contributed by atoms with van der Waals surface area (Å²) in [7, 11) is -0.892. The standard InChI is InChI=1S/C34H29F2N5O5S.C2H6/c1-37-34(43)31-22-15-21(27(40(2)47(3,44)45)17-29(22)46-33(31)18-7-9-19(35)10-8-18)24-11-12-25-32(39-24)28-16-20-23(36)5-4-6-26(20)41(28)30(38-25)13-14-42;1-2/h4-12,15-17,30,38,42H,13-14H2,1-3H3,(H,37,43);1-2H3. The first-order chi connectivity index (χ1) is 23.5. The number of nitrogens with zero attached hydrogens (tertiary/aromatic N) is 3. The van der Waals surface area contributed by atoms with Crippen LogP contribution in [0.15, 0.2) is 77.2 Å². The van der Waals surface area contributed by atoms with Gasteiger partial charge in [-0.2, -0.15) is 0 Å². The van der Waals surface area contributed by atoms with E-state index in [1.807, 2.05) is 18.4 Å². The van der Waals surface area contributed by atoms with Gasteiger partial charge in [-0.15, -0.1) is 0 Å². The number of aliphatic hydroxyl groups is 1. The summed E-state index contributed by atoms with van der Waals surface area (Å²) in [5, 5.41) is 16.6. The highest BCUT2D eigenvalue weighted by molar-refractivity contribution is 7.92. The number of sulfonamides is 1. The smallest absolute Gasteiger partial charge is 0.255 e. The van der Waals surface area contributed by atoms with Crippen molar-refractivity contribution in [2.45, 2.75) is 26.4 Å². The van der Waals surface area contributed by atoms with Gasteiger partial charge in [0.05, 0.1) is 40.1 Å². The van der Waals surface area contributed by atoms with E-state index in [2.05, 4.69) is 10.6 Å². The Kier molecular flexibility index (Phi) is 8.90. The highest BCUT2D eigenvalue weighted by Crippen LogP contribution is 2.45. The minimum Gasteiger partial charge on any atom is -0.455 e. The molecule has 6 aromatic rings. The van der Waals surface area contributed by atoms with Crippen LogP contribution in [0.1, 0.15) is 36.8 Å². The second-order valence-electron chi connectivity index (χ2n) is 11.3. The zero-order valence-corrected chi connectivity index (χ0v) is 28.3. The first-order valence-electron chi connectivity index (χ1n) is 15.7. The van der Waals surface area contributed by atoms with Crippen LogP contribution in [-0.2, 0) is 10.0 Å². The molecule has 4 heterocycles. The van der Waals surface area contributed by atoms with Crippen molar-refractivity contribution in [3.8, 4) is 34.0 Å². The molecular formula is C36H35F2N5O5S. The lowest BCUT2D eigenvalue weighted by Crippen LogP contribution is -2.26. The van der Waals surface area contributed by atoms with Gasteiger partial charge < -0.3 is 24.7 Å². The number of rotatable bonds is 7. The molecule has 254 valence electrons. The van der Waals surface area contributed by atoms with Gasteiger partial charge in [0.15, 0.2) is 0 Å². The van der Waals surface area contributed by atoms with Crippen LogP contribution in [0.4, 0.5) is 20.2 Å². The molecule has 3 aromatic carbocycles. The number of aliphatic hydroxyl groups excluding tert-OH is 1. The summed E-state index contributed by atoms with van der Waals surface area (Å²) in [6, 6.07) is 18.7. The topological polar surface area (TPSA) is 130 Å². The van der Waals surface area contributed by atoms with Crippen LogP contribution < -0.4 is 14.9 Å². The molecule has 3 N–H and O–H groups in total. The van der Waals surface area contributed by atoms with Gasteiger partial charge in [-0.1, -0.05) is 19.9 Å². The van der Waals surface area contributed by atoms with Crippen LogP contribution in [0.2, 0.25) is 0 Å². The molecule has 1 amide bonds. The molecule has 1 aliphatic heterocycles. The van der Waals surface area contributed by atoms with E-state index in [1.54, 1.807) is 36.4 Å². The second kappa shape index (κ2) is 13.0. The number of furan rings is 1. The van der Waals surface area contributed by atoms with Crippen molar-refractivity contribution >= 4 is 49.2 Å². The number of halogens is 2. The zero-order chi connectivity index (χ0) is 35.2. The van der Waals surface area contributed by atoms with Gasteiger partial charge in [-0.25, -0.2) is 22.2 Å². The molecular weight excluding hydrogens is 652 g/mol. The Morgan fingerprint density at radius 3 is 2.47 bits per heavy atom. The van der Waals surface area contributed by atoms with E-state index < -0.39 is 27.6 Å². The number of carbonyl (C=O) groups is 1. The Morgan fingerprint density at radius 2 is 1.80 bits per heavy atom. The summed E-state index contributed by atoms with van der Waals surface area (Å²) < 4.78 is 63.6. The molecule has 10 nitrogen and oxygen atoms in total. The Hall–Kier alpha value is -5.27. The summed E-state index contributed by atoms with van der Waals surface area (Å²) in [5.74, 6) is -1.12. The average Bonchev–Trinajstić information content (AvgIpc) is 3.68. The summed E-state index contributed by atoms with van der Waals surface area (Å²) in [4.78, 5) is 18.3. The number of nitrogens with one attached hydrogen (secondary N) is 2. The maximum Gasteiger partial charge on any atom is 0.255 e. The summed E-state index contributed by atoms with van der Waals surface area (Å²) in [6.45, 7) is 3.90. The van der Waals surface area contributed by atoms with Crippen molar-refractivity contribution in [2.24, 2.45) is 0 Å². The molecule has 0 radical (unpaired) electrons. The maximum absolute atomic E-state index is 15.0. The van der Waals surface area contributed by atoms with E-state index in [9.17, 15) is 27.1 Å². The molecule has 0 bridgehead atoms. The van der Waals surface area contributed by atoms with Crippen LogP contribution in [0.3, 0.4) is 0 Å². The predicted molar refractivity (Wildman–Crippen MR) is 188 cm³/mol. The third-order valence-electron chi connectivity index (χ3n) is 8.48. The first-order valence-corrected chi connectivity index (χ1v) is 17.6. The van der Waals surface area contributed by atoms with Gasteiger partial charge in [0.2, 0.25) is 10.0 Å². The van der Waals surface area contributed by atoms with Crippen LogP contribution in [-0.4, -0.2) is 55.9 Å². The highest BCUT2D eigenvalue weighted by atomic mass is 32.2. The number of benzene rings is 3. The molecule has 0 fully saturated rings. The monoisotopic (exact) mass is 687 g/mol. The fourth-order valence-corrected chi connectivity index (χ4v) is 6.66. The van der Waals surface area contributed by atoms with Crippen molar-refractivity contribution in [2.75, 3.05) is 36.6 Å². The summed E-state index contributed by atoms with van der Waals surface area (Å²) >= 11 is 0. The average molecular weight is 688 g/mol. The van der Waals surface area contributed by atoms with E-state index in [0.717, 1.165) is 10.6 Å². The van der Waals surface area contributed by atoms with E-state index in [1.165, 1.54) is 50.5 Å². The lowest BCUT2D eigenvalue weighted by atomic mass is 10.00. The molecule has 1 atom stereocenters. The van der Waals surface area contributed by atoms with Crippen molar-refractivity contribution in [3.63, 3.8) is 0 Å². The minimum atomic E-state index is -3.78. The number of anilines is 2. The van der Waals surface area contributed by atoms with Crippen LogP contribution >= 0.6 is 0 Å². The van der Waals surface area contributed by atoms with Gasteiger partial charge in [0, 0.05) is 55.1 Å². The Balaban J connectivity index is 0.00000205. The Morgan fingerprint density at radius 1 is 1.06 bits per heavy atom. The second-order valence-corrected chi connectivity index (χ2v) is 13.3. The lowest BCUT2D eigenvalue weighted by Gasteiger charge is -2.30. The third-order valence-corrected chi connectivity index (χ3v) is 9.68. The molecule has 1 aliphatic rings. The Bertz CT molecular complexity index is 2330. The van der Waals surface area contributed by atoms with Gasteiger partial charge in [0.1, 0.15) is 34.8 Å². The van der Waals surface area contributed by atoms with Gasteiger partial charge in [0.25, 0.3) is 5.91 Å². The van der Waals surface area contributed by atoms with Gasteiger partial charge in [-0.3, -0.25) is 9.10 Å². The van der Waals surface area contributed by atoms with E-state index in [4.69, 9.17) is 9.40 Å². The van der Waals surface area contributed by atoms with Crippen molar-refractivity contribution < 1.29 is 31.5 Å². The molecule has 1 unspecified atom stereocenters. The van der Waals surface area contributed by atoms with Crippen LogP contribution in [0.25, 0.3) is 55.8 Å². The SMILES string of the molecule is CC.CNC(=O)c1c(-c2ccc(F)cc2)oc2cc(N(C)S(C)(=O)=O)c(-c3ccc4c(n3)-c3cc5c(F)cccc5n3C(CCO)N4)cc12. The summed E-state index contributed by atoms with van der Waals surface area (Å²) in [5.41, 5.74) is 4.27. The molecule has 0 aliphatic carbocycles. The van der Waals surface area contributed by atoms with Crippen molar-refractivity contribution in [3.05, 3.63) is 90.0 Å². The highest BCUT2D eigenvalue weighted by Gasteiger charge is 2.30. The predicted octanol–water partition coefficient (Wildman–Crippen LogP) is 7.15. The van der Waals surface area contributed by atoms with Crippen molar-refractivity contribution in [1.82, 2.24) is 14.9 Å².